The number of amides is 1. The van der Waals surface area contributed by atoms with Crippen molar-refractivity contribution in [2.24, 2.45) is 17.6 Å². The van der Waals surface area contributed by atoms with Crippen molar-refractivity contribution in [3.63, 3.8) is 0 Å². The Balaban J connectivity index is 2.81. The lowest BCUT2D eigenvalue weighted by Gasteiger charge is -2.18. The molecule has 0 bridgehead atoms. The van der Waals surface area contributed by atoms with Crippen LogP contribution < -0.4 is 11.1 Å². The van der Waals surface area contributed by atoms with Crippen molar-refractivity contribution in [3.8, 4) is 0 Å². The number of hydrogen-bond acceptors (Lipinski definition) is 2. The molecule has 0 aliphatic heterocycles. The van der Waals surface area contributed by atoms with Gasteiger partial charge < -0.3 is 11.1 Å². The fourth-order valence-electron chi connectivity index (χ4n) is 1.55. The maximum atomic E-state index is 12.0. The Morgan fingerprint density at radius 1 is 1.47 bits per heavy atom. The van der Waals surface area contributed by atoms with Crippen LogP contribution in [0.4, 0.5) is 5.69 Å². The molecule has 0 aliphatic carbocycles. The Kier molecular flexibility index (Phi) is 5.08. The van der Waals surface area contributed by atoms with E-state index < -0.39 is 5.92 Å². The van der Waals surface area contributed by atoms with Crippen molar-refractivity contribution in [3.05, 3.63) is 28.7 Å². The molecule has 0 saturated carbocycles. The summed E-state index contributed by atoms with van der Waals surface area (Å²) in [6.07, 6.45) is 0. The normalized spacial score (nSPS) is 12.2. The quantitative estimate of drug-likeness (QED) is 0.840. The van der Waals surface area contributed by atoms with E-state index in [0.717, 1.165) is 10.2 Å². The van der Waals surface area contributed by atoms with E-state index in [9.17, 15) is 4.79 Å². The number of hydrogen-bond donors (Lipinski definition) is 2. The maximum Gasteiger partial charge on any atom is 0.234 e. The van der Waals surface area contributed by atoms with Gasteiger partial charge >= 0.3 is 0 Å². The molecule has 0 heterocycles. The van der Waals surface area contributed by atoms with Crippen LogP contribution in [0, 0.1) is 11.8 Å². The second kappa shape index (κ2) is 6.12. The Morgan fingerprint density at radius 2 is 2.12 bits per heavy atom. The van der Waals surface area contributed by atoms with Crippen LogP contribution in [0.25, 0.3) is 0 Å². The van der Waals surface area contributed by atoms with Crippen LogP contribution in [-0.2, 0) is 4.79 Å². The molecule has 1 atom stereocenters. The monoisotopic (exact) mass is 314 g/mol. The Bertz CT molecular complexity index is 434. The molecule has 0 spiro atoms. The SMILES string of the molecule is CC(C)C(C(=O)Nc1cccc(Br)c1)C(N)=S. The Labute approximate surface area is 115 Å². The standard InChI is InChI=1S/C12H15BrN2OS/c1-7(2)10(11(14)17)12(16)15-9-5-3-4-8(13)6-9/h3-7,10H,1-2H3,(H2,14,17)(H,15,16). The van der Waals surface area contributed by atoms with Crippen molar-refractivity contribution >= 4 is 44.7 Å². The van der Waals surface area contributed by atoms with Crippen molar-refractivity contribution in [1.29, 1.82) is 0 Å². The fraction of sp³-hybridized carbons (Fsp3) is 0.333. The summed E-state index contributed by atoms with van der Waals surface area (Å²) >= 11 is 8.26. The van der Waals surface area contributed by atoms with Crippen LogP contribution in [0.1, 0.15) is 13.8 Å². The van der Waals surface area contributed by atoms with Gasteiger partial charge in [0.05, 0.1) is 10.9 Å². The molecule has 3 N–H and O–H groups in total. The van der Waals surface area contributed by atoms with Gasteiger partial charge in [0.1, 0.15) is 0 Å². The van der Waals surface area contributed by atoms with Gasteiger partial charge in [0.15, 0.2) is 0 Å². The summed E-state index contributed by atoms with van der Waals surface area (Å²) in [5, 5.41) is 2.81. The number of carbonyl (C=O) groups is 1. The molecule has 92 valence electrons. The maximum absolute atomic E-state index is 12.0. The van der Waals surface area contributed by atoms with Crippen molar-refractivity contribution in [2.75, 3.05) is 5.32 Å². The van der Waals surface area contributed by atoms with Crippen LogP contribution in [0.3, 0.4) is 0 Å². The summed E-state index contributed by atoms with van der Waals surface area (Å²) < 4.78 is 0.909. The van der Waals surface area contributed by atoms with E-state index in [0.29, 0.717) is 0 Å². The first-order chi connectivity index (χ1) is 7.91. The topological polar surface area (TPSA) is 55.1 Å². The summed E-state index contributed by atoms with van der Waals surface area (Å²) in [6.45, 7) is 3.84. The highest BCUT2D eigenvalue weighted by Gasteiger charge is 2.24. The molecule has 3 nitrogen and oxygen atoms in total. The number of benzene rings is 1. The van der Waals surface area contributed by atoms with E-state index in [1.807, 2.05) is 38.1 Å². The number of rotatable bonds is 4. The second-order valence-electron chi connectivity index (χ2n) is 4.12. The molecule has 1 amide bonds. The first-order valence-corrected chi connectivity index (χ1v) is 6.47. The number of thiocarbonyl (C=S) groups is 1. The molecule has 1 aromatic rings. The van der Waals surface area contributed by atoms with Gasteiger partial charge in [-0.3, -0.25) is 4.79 Å². The molecule has 0 saturated heterocycles. The minimum absolute atomic E-state index is 0.0830. The van der Waals surface area contributed by atoms with E-state index in [4.69, 9.17) is 18.0 Å². The lowest BCUT2D eigenvalue weighted by atomic mass is 9.95. The predicted octanol–water partition coefficient (Wildman–Crippen LogP) is 2.95. The van der Waals surface area contributed by atoms with Gasteiger partial charge in [-0.2, -0.15) is 0 Å². The number of nitrogens with one attached hydrogen (secondary N) is 1. The molecule has 17 heavy (non-hydrogen) atoms. The van der Waals surface area contributed by atoms with Crippen molar-refractivity contribution in [2.45, 2.75) is 13.8 Å². The average Bonchev–Trinajstić information content (AvgIpc) is 2.15. The largest absolute Gasteiger partial charge is 0.393 e. The van der Waals surface area contributed by atoms with E-state index >= 15 is 0 Å². The van der Waals surface area contributed by atoms with Crippen LogP contribution in [-0.4, -0.2) is 10.9 Å². The zero-order valence-corrected chi connectivity index (χ0v) is 12.1. The van der Waals surface area contributed by atoms with Crippen LogP contribution >= 0.6 is 28.1 Å². The summed E-state index contributed by atoms with van der Waals surface area (Å²) in [5.41, 5.74) is 6.31. The number of carbonyl (C=O) groups excluding carboxylic acids is 1. The molecule has 1 unspecified atom stereocenters. The van der Waals surface area contributed by atoms with Gasteiger partial charge in [0.2, 0.25) is 5.91 Å². The third-order valence-corrected chi connectivity index (χ3v) is 3.10. The molecule has 1 aromatic carbocycles. The highest BCUT2D eigenvalue weighted by Crippen LogP contribution is 2.18. The first kappa shape index (κ1) is 14.1. The van der Waals surface area contributed by atoms with Gasteiger partial charge in [-0.1, -0.05) is 48.1 Å². The zero-order valence-electron chi connectivity index (χ0n) is 9.74. The van der Waals surface area contributed by atoms with E-state index in [1.54, 1.807) is 0 Å². The third kappa shape index (κ3) is 4.09. The van der Waals surface area contributed by atoms with E-state index in [2.05, 4.69) is 21.2 Å². The summed E-state index contributed by atoms with van der Waals surface area (Å²) in [7, 11) is 0. The summed E-state index contributed by atoms with van der Waals surface area (Å²) in [5.74, 6) is -0.519. The Hall–Kier alpha value is -0.940. The number of anilines is 1. The minimum atomic E-state index is -0.441. The molecular weight excluding hydrogens is 300 g/mol. The molecule has 1 rings (SSSR count). The van der Waals surface area contributed by atoms with Crippen LogP contribution in [0.2, 0.25) is 0 Å². The highest BCUT2D eigenvalue weighted by atomic mass is 79.9. The zero-order chi connectivity index (χ0) is 13.0. The molecular formula is C12H15BrN2OS. The average molecular weight is 315 g/mol. The molecule has 0 aromatic heterocycles. The summed E-state index contributed by atoms with van der Waals surface area (Å²) in [4.78, 5) is 12.2. The van der Waals surface area contributed by atoms with Crippen LogP contribution in [0.5, 0.6) is 0 Å². The fourth-order valence-corrected chi connectivity index (χ4v) is 2.33. The van der Waals surface area contributed by atoms with Crippen molar-refractivity contribution in [1.82, 2.24) is 0 Å². The second-order valence-corrected chi connectivity index (χ2v) is 5.51. The Morgan fingerprint density at radius 3 is 2.59 bits per heavy atom. The molecule has 0 aliphatic rings. The highest BCUT2D eigenvalue weighted by molar-refractivity contribution is 9.10. The summed E-state index contributed by atoms with van der Waals surface area (Å²) in [6, 6.07) is 7.39. The van der Waals surface area contributed by atoms with E-state index in [1.165, 1.54) is 0 Å². The molecule has 5 heteroatoms. The van der Waals surface area contributed by atoms with Gasteiger partial charge in [0.25, 0.3) is 0 Å². The lowest BCUT2D eigenvalue weighted by Crippen LogP contribution is -2.36. The van der Waals surface area contributed by atoms with Gasteiger partial charge in [-0.25, -0.2) is 0 Å². The van der Waals surface area contributed by atoms with Crippen molar-refractivity contribution < 1.29 is 4.79 Å². The minimum Gasteiger partial charge on any atom is -0.393 e. The smallest absolute Gasteiger partial charge is 0.234 e. The molecule has 0 fully saturated rings. The first-order valence-electron chi connectivity index (χ1n) is 5.27. The number of nitrogens with two attached hydrogens (primary N) is 1. The lowest BCUT2D eigenvalue weighted by molar-refractivity contribution is -0.118. The van der Waals surface area contributed by atoms with E-state index in [-0.39, 0.29) is 16.8 Å². The van der Waals surface area contributed by atoms with Gasteiger partial charge in [-0.15, -0.1) is 0 Å². The van der Waals surface area contributed by atoms with Crippen LogP contribution in [0.15, 0.2) is 28.7 Å². The van der Waals surface area contributed by atoms with Gasteiger partial charge in [-0.05, 0) is 24.1 Å². The predicted molar refractivity (Wildman–Crippen MR) is 77.9 cm³/mol. The third-order valence-electron chi connectivity index (χ3n) is 2.35. The number of halogens is 1. The van der Waals surface area contributed by atoms with Gasteiger partial charge in [0, 0.05) is 10.2 Å². The molecule has 0 radical (unpaired) electrons.